The first-order valence-electron chi connectivity index (χ1n) is 27.4. The fraction of sp³-hybridized carbons (Fsp3) is 0.825. The highest BCUT2D eigenvalue weighted by atomic mass is 16.5. The van der Waals surface area contributed by atoms with E-state index in [1.807, 2.05) is 6.08 Å². The van der Waals surface area contributed by atoms with Crippen LogP contribution in [0.15, 0.2) is 48.6 Å². The van der Waals surface area contributed by atoms with Crippen molar-refractivity contribution in [3.63, 3.8) is 0 Å². The number of carbonyl (C=O) groups excluding carboxylic acids is 2. The number of hydrogen-bond acceptors (Lipinski definition) is 5. The van der Waals surface area contributed by atoms with Crippen LogP contribution in [0.5, 0.6) is 0 Å². The molecule has 0 aliphatic heterocycles. The summed E-state index contributed by atoms with van der Waals surface area (Å²) in [6.45, 7) is 4.78. The van der Waals surface area contributed by atoms with Gasteiger partial charge < -0.3 is 20.3 Å². The summed E-state index contributed by atoms with van der Waals surface area (Å²) in [7, 11) is 0. The maximum absolute atomic E-state index is 12.5. The first-order valence-corrected chi connectivity index (χ1v) is 27.4. The van der Waals surface area contributed by atoms with Crippen molar-refractivity contribution in [1.29, 1.82) is 0 Å². The minimum absolute atomic E-state index is 0.0479. The standard InChI is InChI=1S/C57H105NO5/c1-3-5-7-9-11-13-15-17-19-20-21-22-23-24-25-26-29-33-37-41-45-49-55(60)54(53-59)58-56(61)50-46-42-38-34-30-28-32-36-40-44-48-52-63-57(62)51-47-43-39-35-31-27-18-16-14-12-10-8-6-4-2/h10,12,16,18,32,36,45,49,54-55,59-60H,3-9,11,13-15,17,19-31,33-35,37-44,46-48,50-53H2,1-2H3,(H,58,61)/b12-10-,18-16-,36-32-,49-45+. The zero-order valence-electron chi connectivity index (χ0n) is 41.8. The summed E-state index contributed by atoms with van der Waals surface area (Å²) < 4.78 is 5.42. The highest BCUT2D eigenvalue weighted by Gasteiger charge is 2.18. The number of unbranched alkanes of at least 4 members (excludes halogenated alkanes) is 33. The number of rotatable bonds is 50. The van der Waals surface area contributed by atoms with Gasteiger partial charge in [0.05, 0.1) is 25.4 Å². The van der Waals surface area contributed by atoms with E-state index >= 15 is 0 Å². The minimum atomic E-state index is -0.865. The molecule has 0 heterocycles. The Balaban J connectivity index is 3.57. The van der Waals surface area contributed by atoms with Gasteiger partial charge in [-0.3, -0.25) is 9.59 Å². The number of allylic oxidation sites excluding steroid dienone is 7. The maximum Gasteiger partial charge on any atom is 0.305 e. The van der Waals surface area contributed by atoms with E-state index in [1.165, 1.54) is 154 Å². The van der Waals surface area contributed by atoms with E-state index in [0.717, 1.165) is 96.3 Å². The van der Waals surface area contributed by atoms with Gasteiger partial charge in [0.15, 0.2) is 0 Å². The van der Waals surface area contributed by atoms with Crippen LogP contribution in [0.4, 0.5) is 0 Å². The Bertz CT molecular complexity index is 1070. The van der Waals surface area contributed by atoms with Crippen molar-refractivity contribution in [2.24, 2.45) is 0 Å². The van der Waals surface area contributed by atoms with E-state index < -0.39 is 12.1 Å². The Hall–Kier alpha value is -2.18. The van der Waals surface area contributed by atoms with Gasteiger partial charge in [-0.1, -0.05) is 229 Å². The highest BCUT2D eigenvalue weighted by Crippen LogP contribution is 2.16. The van der Waals surface area contributed by atoms with Crippen molar-refractivity contribution in [3.05, 3.63) is 48.6 Å². The zero-order valence-corrected chi connectivity index (χ0v) is 41.8. The molecule has 0 aromatic heterocycles. The van der Waals surface area contributed by atoms with Crippen LogP contribution in [0, 0.1) is 0 Å². The van der Waals surface area contributed by atoms with Crippen molar-refractivity contribution in [1.82, 2.24) is 5.32 Å². The average Bonchev–Trinajstić information content (AvgIpc) is 3.28. The molecule has 6 nitrogen and oxygen atoms in total. The van der Waals surface area contributed by atoms with E-state index in [9.17, 15) is 19.8 Å². The Morgan fingerprint density at radius 2 is 0.810 bits per heavy atom. The summed E-state index contributed by atoms with van der Waals surface area (Å²) in [5, 5.41) is 23.1. The highest BCUT2D eigenvalue weighted by molar-refractivity contribution is 5.76. The van der Waals surface area contributed by atoms with Crippen molar-refractivity contribution in [2.45, 2.75) is 289 Å². The van der Waals surface area contributed by atoms with E-state index in [2.05, 4.69) is 55.6 Å². The smallest absolute Gasteiger partial charge is 0.305 e. The number of esters is 1. The first kappa shape index (κ1) is 60.8. The molecule has 3 N–H and O–H groups in total. The number of aliphatic hydroxyl groups excluding tert-OH is 2. The lowest BCUT2D eigenvalue weighted by atomic mass is 10.0. The predicted octanol–water partition coefficient (Wildman–Crippen LogP) is 16.6. The molecule has 0 aromatic carbocycles. The average molecular weight is 884 g/mol. The molecule has 368 valence electrons. The molecule has 63 heavy (non-hydrogen) atoms. The molecule has 6 heteroatoms. The quantitative estimate of drug-likeness (QED) is 0.0321. The van der Waals surface area contributed by atoms with Crippen LogP contribution >= 0.6 is 0 Å². The second kappa shape index (κ2) is 52.4. The van der Waals surface area contributed by atoms with Gasteiger partial charge in [0.25, 0.3) is 0 Å². The first-order chi connectivity index (χ1) is 31.0. The maximum atomic E-state index is 12.5. The van der Waals surface area contributed by atoms with Crippen LogP contribution < -0.4 is 5.32 Å². The van der Waals surface area contributed by atoms with Crippen molar-refractivity contribution in [3.8, 4) is 0 Å². The molecular formula is C57H105NO5. The number of ether oxygens (including phenoxy) is 1. The summed E-state index contributed by atoms with van der Waals surface area (Å²) in [6, 6.07) is -0.651. The molecule has 1 amide bonds. The summed E-state index contributed by atoms with van der Waals surface area (Å²) in [4.78, 5) is 24.5. The van der Waals surface area contributed by atoms with Crippen LogP contribution in [0.1, 0.15) is 277 Å². The van der Waals surface area contributed by atoms with Gasteiger partial charge in [-0.2, -0.15) is 0 Å². The third kappa shape index (κ3) is 49.1. The van der Waals surface area contributed by atoms with Crippen molar-refractivity contribution >= 4 is 11.9 Å². The molecule has 0 saturated carbocycles. The summed E-state index contributed by atoms with van der Waals surface area (Å²) in [5.41, 5.74) is 0. The lowest BCUT2D eigenvalue weighted by Crippen LogP contribution is -2.45. The Kier molecular flexibility index (Phi) is 50.6. The van der Waals surface area contributed by atoms with Gasteiger partial charge >= 0.3 is 5.97 Å². The fourth-order valence-electron chi connectivity index (χ4n) is 8.06. The van der Waals surface area contributed by atoms with E-state index in [1.54, 1.807) is 6.08 Å². The van der Waals surface area contributed by atoms with Gasteiger partial charge in [-0.15, -0.1) is 0 Å². The number of nitrogens with one attached hydrogen (secondary N) is 1. The molecular weight excluding hydrogens is 779 g/mol. The number of amides is 1. The van der Waals surface area contributed by atoms with Gasteiger partial charge in [0, 0.05) is 12.8 Å². The Morgan fingerprint density at radius 1 is 0.444 bits per heavy atom. The lowest BCUT2D eigenvalue weighted by molar-refractivity contribution is -0.143. The predicted molar refractivity (Wildman–Crippen MR) is 273 cm³/mol. The second-order valence-electron chi connectivity index (χ2n) is 18.5. The molecule has 0 spiro atoms. The largest absolute Gasteiger partial charge is 0.466 e. The summed E-state index contributed by atoms with van der Waals surface area (Å²) in [5.74, 6) is -0.145. The zero-order chi connectivity index (χ0) is 45.8. The van der Waals surface area contributed by atoms with E-state index in [4.69, 9.17) is 4.74 Å². The second-order valence-corrected chi connectivity index (χ2v) is 18.5. The van der Waals surface area contributed by atoms with E-state index in [0.29, 0.717) is 19.4 Å². The van der Waals surface area contributed by atoms with Crippen LogP contribution in [-0.4, -0.2) is 47.4 Å². The normalized spacial score (nSPS) is 13.0. The third-order valence-corrected chi connectivity index (χ3v) is 12.3. The minimum Gasteiger partial charge on any atom is -0.466 e. The molecule has 0 radical (unpaired) electrons. The van der Waals surface area contributed by atoms with Gasteiger partial charge in [-0.25, -0.2) is 0 Å². The molecule has 0 aliphatic carbocycles. The SMILES string of the molecule is CCCC/C=C\C/C=C\CCCCCCCC(=O)OCCCC/C=C\CCCCCCCC(=O)NC(CO)C(O)/C=C/CCCCCCCCCCCCCCCCCCCCC. The van der Waals surface area contributed by atoms with Crippen LogP contribution in [0.25, 0.3) is 0 Å². The monoisotopic (exact) mass is 884 g/mol. The topological polar surface area (TPSA) is 95.9 Å². The van der Waals surface area contributed by atoms with Crippen molar-refractivity contribution < 1.29 is 24.5 Å². The number of carbonyl (C=O) groups is 2. The molecule has 2 atom stereocenters. The molecule has 0 rings (SSSR count). The Labute approximate surface area is 391 Å². The molecule has 0 saturated heterocycles. The third-order valence-electron chi connectivity index (χ3n) is 12.3. The molecule has 0 aromatic rings. The molecule has 2 unspecified atom stereocenters. The number of aliphatic hydroxyl groups is 2. The van der Waals surface area contributed by atoms with Gasteiger partial charge in [0.1, 0.15) is 0 Å². The summed E-state index contributed by atoms with van der Waals surface area (Å²) in [6.07, 6.45) is 65.5. The molecule has 0 fully saturated rings. The van der Waals surface area contributed by atoms with Gasteiger partial charge in [0.2, 0.25) is 5.91 Å². The number of hydrogen-bond donors (Lipinski definition) is 3. The van der Waals surface area contributed by atoms with Crippen LogP contribution in [0.3, 0.4) is 0 Å². The Morgan fingerprint density at radius 3 is 1.27 bits per heavy atom. The van der Waals surface area contributed by atoms with Crippen LogP contribution in [-0.2, 0) is 14.3 Å². The molecule has 0 aliphatic rings. The molecule has 0 bridgehead atoms. The lowest BCUT2D eigenvalue weighted by Gasteiger charge is -2.20. The van der Waals surface area contributed by atoms with Crippen LogP contribution in [0.2, 0.25) is 0 Å². The van der Waals surface area contributed by atoms with E-state index in [-0.39, 0.29) is 18.5 Å². The fourth-order valence-corrected chi connectivity index (χ4v) is 8.06. The summed E-state index contributed by atoms with van der Waals surface area (Å²) >= 11 is 0. The van der Waals surface area contributed by atoms with Crippen molar-refractivity contribution in [2.75, 3.05) is 13.2 Å². The van der Waals surface area contributed by atoms with Gasteiger partial charge in [-0.05, 0) is 83.5 Å².